The molecule has 0 aliphatic heterocycles. The summed E-state index contributed by atoms with van der Waals surface area (Å²) in [5, 5.41) is 0. The van der Waals surface area contributed by atoms with Crippen LogP contribution in [-0.4, -0.2) is 12.0 Å². The minimum atomic E-state index is -0.339. The average molecular weight is 252 g/mol. The number of rotatable bonds is 4. The molecule has 1 fully saturated rings. The van der Waals surface area contributed by atoms with Crippen molar-refractivity contribution in [2.24, 2.45) is 5.92 Å². The molecule has 0 bridgehead atoms. The second-order valence-corrected chi connectivity index (χ2v) is 5.68. The van der Waals surface area contributed by atoms with E-state index in [2.05, 4.69) is 0 Å². The molecule has 1 aliphatic carbocycles. The zero-order valence-corrected chi connectivity index (χ0v) is 10.6. The lowest BCUT2D eigenvalue weighted by Crippen LogP contribution is -2.08. The Balaban J connectivity index is 1.95. The molecule has 1 aliphatic rings. The molecule has 0 heterocycles. The summed E-state index contributed by atoms with van der Waals surface area (Å²) >= 11 is 1.69. The van der Waals surface area contributed by atoms with Crippen molar-refractivity contribution in [3.63, 3.8) is 0 Å². The lowest BCUT2D eigenvalue weighted by molar-refractivity contribution is 0.112. The van der Waals surface area contributed by atoms with Crippen LogP contribution in [-0.2, 0) is 0 Å². The van der Waals surface area contributed by atoms with Crippen LogP contribution in [0.4, 0.5) is 4.39 Å². The van der Waals surface area contributed by atoms with E-state index in [9.17, 15) is 9.18 Å². The van der Waals surface area contributed by atoms with E-state index in [-0.39, 0.29) is 5.82 Å². The van der Waals surface area contributed by atoms with Gasteiger partial charge in [0.2, 0.25) is 0 Å². The summed E-state index contributed by atoms with van der Waals surface area (Å²) in [6.45, 7) is 0. The molecule has 0 unspecified atom stereocenters. The molecule has 0 radical (unpaired) electrons. The Kier molecular flexibility index (Phi) is 4.60. The van der Waals surface area contributed by atoms with Gasteiger partial charge in [0.05, 0.1) is 0 Å². The second kappa shape index (κ2) is 6.20. The predicted molar refractivity (Wildman–Crippen MR) is 69.1 cm³/mol. The van der Waals surface area contributed by atoms with Crippen molar-refractivity contribution in [1.29, 1.82) is 0 Å². The van der Waals surface area contributed by atoms with Crippen LogP contribution in [0.25, 0.3) is 0 Å². The zero-order chi connectivity index (χ0) is 12.1. The third kappa shape index (κ3) is 3.56. The summed E-state index contributed by atoms with van der Waals surface area (Å²) < 4.78 is 13.0. The predicted octanol–water partition coefficient (Wildman–Crippen LogP) is 4.31. The van der Waals surface area contributed by atoms with E-state index in [0.29, 0.717) is 5.56 Å². The number of halogens is 1. The van der Waals surface area contributed by atoms with Crippen molar-refractivity contribution in [2.75, 3.05) is 5.75 Å². The van der Waals surface area contributed by atoms with Crippen LogP contribution in [0, 0.1) is 11.7 Å². The summed E-state index contributed by atoms with van der Waals surface area (Å²) in [6, 6.07) is 4.46. The lowest BCUT2D eigenvalue weighted by atomic mass is 9.91. The Labute approximate surface area is 106 Å². The first-order valence-electron chi connectivity index (χ1n) is 6.17. The van der Waals surface area contributed by atoms with Gasteiger partial charge in [0.1, 0.15) is 5.82 Å². The number of hydrogen-bond donors (Lipinski definition) is 0. The normalized spacial score (nSPS) is 17.0. The highest BCUT2D eigenvalue weighted by Gasteiger charge is 2.14. The summed E-state index contributed by atoms with van der Waals surface area (Å²) in [5.41, 5.74) is 0.478. The molecule has 92 valence electrons. The molecule has 2 rings (SSSR count). The topological polar surface area (TPSA) is 17.1 Å². The number of thioether (sulfide) groups is 1. The van der Waals surface area contributed by atoms with E-state index in [4.69, 9.17) is 0 Å². The summed E-state index contributed by atoms with van der Waals surface area (Å²) in [6.07, 6.45) is 7.35. The van der Waals surface area contributed by atoms with Gasteiger partial charge in [-0.15, -0.1) is 11.8 Å². The summed E-state index contributed by atoms with van der Waals surface area (Å²) in [4.78, 5) is 11.8. The molecule has 0 saturated heterocycles. The largest absolute Gasteiger partial charge is 0.298 e. The molecular weight excluding hydrogens is 235 g/mol. The Morgan fingerprint density at radius 2 is 2.06 bits per heavy atom. The van der Waals surface area contributed by atoms with E-state index in [0.717, 1.165) is 22.9 Å². The monoisotopic (exact) mass is 252 g/mol. The number of hydrogen-bond acceptors (Lipinski definition) is 2. The van der Waals surface area contributed by atoms with Crippen LogP contribution in [0.3, 0.4) is 0 Å². The van der Waals surface area contributed by atoms with Crippen molar-refractivity contribution in [2.45, 2.75) is 37.0 Å². The van der Waals surface area contributed by atoms with E-state index in [1.165, 1.54) is 44.2 Å². The van der Waals surface area contributed by atoms with Gasteiger partial charge < -0.3 is 0 Å². The summed E-state index contributed by atoms with van der Waals surface area (Å²) in [5.74, 6) is 1.47. The van der Waals surface area contributed by atoms with E-state index >= 15 is 0 Å². The first kappa shape index (κ1) is 12.6. The molecule has 17 heavy (non-hydrogen) atoms. The Morgan fingerprint density at radius 1 is 1.29 bits per heavy atom. The third-order valence-electron chi connectivity index (χ3n) is 3.30. The van der Waals surface area contributed by atoms with Crippen molar-refractivity contribution in [3.05, 3.63) is 29.6 Å². The van der Waals surface area contributed by atoms with Gasteiger partial charge in [0.15, 0.2) is 6.29 Å². The maximum Gasteiger partial charge on any atom is 0.151 e. The molecular formula is C14H17FOS. The van der Waals surface area contributed by atoms with Crippen molar-refractivity contribution in [1.82, 2.24) is 0 Å². The minimum absolute atomic E-state index is 0.339. The van der Waals surface area contributed by atoms with Crippen molar-refractivity contribution < 1.29 is 9.18 Å². The van der Waals surface area contributed by atoms with Gasteiger partial charge in [-0.25, -0.2) is 4.39 Å². The van der Waals surface area contributed by atoms with Crippen molar-refractivity contribution in [3.8, 4) is 0 Å². The molecule has 0 N–H and O–H groups in total. The maximum atomic E-state index is 13.0. The number of carbonyl (C=O) groups excluding carboxylic acids is 1. The lowest BCUT2D eigenvalue weighted by Gasteiger charge is -2.21. The molecule has 0 spiro atoms. The van der Waals surface area contributed by atoms with E-state index in [1.54, 1.807) is 17.8 Å². The fraction of sp³-hybridized carbons (Fsp3) is 0.500. The number of carbonyl (C=O) groups is 1. The molecule has 3 heteroatoms. The molecule has 1 nitrogen and oxygen atoms in total. The quantitative estimate of drug-likeness (QED) is 0.586. The van der Waals surface area contributed by atoms with Crippen LogP contribution in [0.2, 0.25) is 0 Å². The molecule has 0 atom stereocenters. The maximum absolute atomic E-state index is 13.0. The van der Waals surface area contributed by atoms with Gasteiger partial charge in [-0.05, 0) is 37.0 Å². The Hall–Kier alpha value is -0.830. The smallest absolute Gasteiger partial charge is 0.151 e. The van der Waals surface area contributed by atoms with Gasteiger partial charge in [0.25, 0.3) is 0 Å². The van der Waals surface area contributed by atoms with Crippen LogP contribution in [0.15, 0.2) is 23.1 Å². The van der Waals surface area contributed by atoms with Gasteiger partial charge in [-0.3, -0.25) is 4.79 Å². The van der Waals surface area contributed by atoms with Gasteiger partial charge in [-0.1, -0.05) is 19.3 Å². The number of benzene rings is 1. The molecule has 0 amide bonds. The highest BCUT2D eigenvalue weighted by Crippen LogP contribution is 2.31. The minimum Gasteiger partial charge on any atom is -0.298 e. The first-order valence-corrected chi connectivity index (χ1v) is 7.15. The fourth-order valence-corrected chi connectivity index (χ4v) is 3.49. The standard InChI is InChI=1S/C14H17FOS/c15-13-6-7-14(12(8-13)9-16)17-10-11-4-2-1-3-5-11/h6-9,11H,1-5,10H2. The summed E-state index contributed by atoms with van der Waals surface area (Å²) in [7, 11) is 0. The molecule has 0 aromatic heterocycles. The third-order valence-corrected chi connectivity index (χ3v) is 4.62. The SMILES string of the molecule is O=Cc1cc(F)ccc1SCC1CCCCC1. The average Bonchev–Trinajstić information content (AvgIpc) is 2.38. The highest BCUT2D eigenvalue weighted by atomic mass is 32.2. The molecule has 1 aromatic rings. The van der Waals surface area contributed by atoms with E-state index < -0.39 is 0 Å². The first-order chi connectivity index (χ1) is 8.29. The van der Waals surface area contributed by atoms with Gasteiger partial charge >= 0.3 is 0 Å². The second-order valence-electron chi connectivity index (χ2n) is 4.62. The number of aldehydes is 1. The van der Waals surface area contributed by atoms with Crippen LogP contribution >= 0.6 is 11.8 Å². The molecule has 1 aromatic carbocycles. The zero-order valence-electron chi connectivity index (χ0n) is 9.82. The van der Waals surface area contributed by atoms with E-state index in [1.807, 2.05) is 0 Å². The Bertz CT molecular complexity index is 386. The van der Waals surface area contributed by atoms with Crippen LogP contribution < -0.4 is 0 Å². The Morgan fingerprint density at radius 3 is 2.76 bits per heavy atom. The van der Waals surface area contributed by atoms with Crippen molar-refractivity contribution >= 4 is 18.0 Å². The molecule has 1 saturated carbocycles. The fourth-order valence-electron chi connectivity index (χ4n) is 2.30. The van der Waals surface area contributed by atoms with Gasteiger partial charge in [-0.2, -0.15) is 0 Å². The van der Waals surface area contributed by atoms with Gasteiger partial charge in [0, 0.05) is 16.2 Å². The van der Waals surface area contributed by atoms with Crippen LogP contribution in [0.1, 0.15) is 42.5 Å². The van der Waals surface area contributed by atoms with Crippen LogP contribution in [0.5, 0.6) is 0 Å². The highest BCUT2D eigenvalue weighted by molar-refractivity contribution is 7.99.